The van der Waals surface area contributed by atoms with Crippen LogP contribution in [0.4, 0.5) is 10.1 Å². The highest BCUT2D eigenvalue weighted by atomic mass is 35.5. The minimum Gasteiger partial charge on any atom is -0.484 e. The van der Waals surface area contributed by atoms with Gasteiger partial charge in [0.25, 0.3) is 11.8 Å². The molecule has 7 nitrogen and oxygen atoms in total. The van der Waals surface area contributed by atoms with E-state index in [-0.39, 0.29) is 29.0 Å². The molecule has 1 heterocycles. The van der Waals surface area contributed by atoms with E-state index in [1.54, 1.807) is 36.4 Å². The van der Waals surface area contributed by atoms with Gasteiger partial charge in [0.05, 0.1) is 11.8 Å². The molecule has 3 aromatic rings. The topological polar surface area (TPSA) is 92.7 Å². The Kier molecular flexibility index (Phi) is 7.07. The van der Waals surface area contributed by atoms with Crippen molar-refractivity contribution < 1.29 is 18.7 Å². The van der Waals surface area contributed by atoms with Gasteiger partial charge in [0.1, 0.15) is 16.7 Å². The molecule has 0 aliphatic rings. The first kappa shape index (κ1) is 20.9. The van der Waals surface area contributed by atoms with E-state index in [4.69, 9.17) is 16.3 Å². The highest BCUT2D eigenvalue weighted by Crippen LogP contribution is 2.13. The molecular weight excluding hydrogens is 411 g/mol. The van der Waals surface area contributed by atoms with Crippen molar-refractivity contribution in [2.24, 2.45) is 5.10 Å². The van der Waals surface area contributed by atoms with Crippen LogP contribution in [0, 0.1) is 5.82 Å². The highest BCUT2D eigenvalue weighted by molar-refractivity contribution is 6.32. The standard InChI is InChI=1S/C21H16ClFN4O3/c22-20-18(2-1-11-24-20)21(29)27-25-12-14-3-9-17(10-4-14)30-13-19(28)26-16-7-5-15(23)6-8-16/h1-12H,13H2,(H,26,28)(H,27,29). The second kappa shape index (κ2) is 10.1. The molecule has 3 rings (SSSR count). The Morgan fingerprint density at radius 2 is 1.83 bits per heavy atom. The number of ether oxygens (including phenoxy) is 1. The van der Waals surface area contributed by atoms with E-state index in [2.05, 4.69) is 20.8 Å². The summed E-state index contributed by atoms with van der Waals surface area (Å²) in [5.74, 6) is -0.749. The summed E-state index contributed by atoms with van der Waals surface area (Å²) in [6.45, 7) is -0.202. The van der Waals surface area contributed by atoms with Gasteiger partial charge in [-0.05, 0) is 66.2 Å². The Bertz CT molecular complexity index is 1060. The number of anilines is 1. The number of amides is 2. The smallest absolute Gasteiger partial charge is 0.274 e. The van der Waals surface area contributed by atoms with E-state index in [1.807, 2.05) is 0 Å². The lowest BCUT2D eigenvalue weighted by Gasteiger charge is -2.07. The minimum atomic E-state index is -0.475. The zero-order valence-corrected chi connectivity index (χ0v) is 16.3. The summed E-state index contributed by atoms with van der Waals surface area (Å²) in [5.41, 5.74) is 3.77. The van der Waals surface area contributed by atoms with Crippen molar-refractivity contribution in [1.82, 2.24) is 10.4 Å². The minimum absolute atomic E-state index is 0.0927. The van der Waals surface area contributed by atoms with Crippen LogP contribution in [0.1, 0.15) is 15.9 Å². The zero-order chi connectivity index (χ0) is 21.3. The Balaban J connectivity index is 1.47. The second-order valence-electron chi connectivity index (χ2n) is 5.95. The van der Waals surface area contributed by atoms with Gasteiger partial charge in [0, 0.05) is 11.9 Å². The molecule has 9 heteroatoms. The van der Waals surface area contributed by atoms with Crippen LogP contribution < -0.4 is 15.5 Å². The molecule has 0 spiro atoms. The van der Waals surface area contributed by atoms with Crippen LogP contribution in [0.25, 0.3) is 0 Å². The van der Waals surface area contributed by atoms with Gasteiger partial charge >= 0.3 is 0 Å². The lowest BCUT2D eigenvalue weighted by molar-refractivity contribution is -0.118. The van der Waals surface area contributed by atoms with Crippen molar-refractivity contribution in [1.29, 1.82) is 0 Å². The van der Waals surface area contributed by atoms with Crippen molar-refractivity contribution in [3.63, 3.8) is 0 Å². The molecule has 0 radical (unpaired) electrons. The molecule has 0 bridgehead atoms. The lowest BCUT2D eigenvalue weighted by atomic mass is 10.2. The molecule has 2 aromatic carbocycles. The van der Waals surface area contributed by atoms with Gasteiger partial charge < -0.3 is 10.1 Å². The van der Waals surface area contributed by atoms with Crippen LogP contribution in [0.5, 0.6) is 5.75 Å². The lowest BCUT2D eigenvalue weighted by Crippen LogP contribution is -2.20. The number of carbonyl (C=O) groups excluding carboxylic acids is 2. The third-order valence-electron chi connectivity index (χ3n) is 3.76. The van der Waals surface area contributed by atoms with Gasteiger partial charge in [-0.15, -0.1) is 0 Å². The monoisotopic (exact) mass is 426 g/mol. The van der Waals surface area contributed by atoms with Crippen LogP contribution in [-0.2, 0) is 4.79 Å². The molecular formula is C21H16ClFN4O3. The summed E-state index contributed by atoms with van der Waals surface area (Å²) < 4.78 is 18.3. The van der Waals surface area contributed by atoms with Crippen LogP contribution in [-0.4, -0.2) is 29.6 Å². The molecule has 0 unspecified atom stereocenters. The summed E-state index contributed by atoms with van der Waals surface area (Å²) in [5, 5.41) is 6.57. The van der Waals surface area contributed by atoms with Gasteiger partial charge in [-0.25, -0.2) is 14.8 Å². The van der Waals surface area contributed by atoms with E-state index in [0.717, 1.165) is 0 Å². The predicted molar refractivity (Wildman–Crippen MR) is 111 cm³/mol. The fourth-order valence-electron chi connectivity index (χ4n) is 2.31. The van der Waals surface area contributed by atoms with E-state index in [9.17, 15) is 14.0 Å². The summed E-state index contributed by atoms with van der Waals surface area (Å²) in [4.78, 5) is 27.7. The Hall–Kier alpha value is -3.78. The van der Waals surface area contributed by atoms with Gasteiger partial charge in [0.2, 0.25) is 0 Å². The Labute approximate surface area is 176 Å². The third-order valence-corrected chi connectivity index (χ3v) is 4.06. The SMILES string of the molecule is O=C(COc1ccc(C=NNC(=O)c2cccnc2Cl)cc1)Nc1ccc(F)cc1. The number of hydrogen-bond acceptors (Lipinski definition) is 5. The molecule has 0 saturated heterocycles. The van der Waals surface area contributed by atoms with Crippen LogP contribution in [0.15, 0.2) is 72.0 Å². The summed E-state index contributed by atoms with van der Waals surface area (Å²) in [6, 6.07) is 15.3. The largest absolute Gasteiger partial charge is 0.484 e. The number of pyridine rings is 1. The Morgan fingerprint density at radius 3 is 2.53 bits per heavy atom. The first-order chi connectivity index (χ1) is 14.5. The fraction of sp³-hybridized carbons (Fsp3) is 0.0476. The quantitative estimate of drug-likeness (QED) is 0.342. The number of hydrogen-bond donors (Lipinski definition) is 2. The predicted octanol–water partition coefficient (Wildman–Crippen LogP) is 3.66. The number of nitrogens with zero attached hydrogens (tertiary/aromatic N) is 2. The van der Waals surface area contributed by atoms with Crippen LogP contribution >= 0.6 is 11.6 Å². The van der Waals surface area contributed by atoms with E-state index >= 15 is 0 Å². The molecule has 0 aliphatic carbocycles. The highest BCUT2D eigenvalue weighted by Gasteiger charge is 2.09. The average molecular weight is 427 g/mol. The van der Waals surface area contributed by atoms with Crippen molar-refractivity contribution in [3.8, 4) is 5.75 Å². The molecule has 2 N–H and O–H groups in total. The number of rotatable bonds is 7. The average Bonchev–Trinajstić information content (AvgIpc) is 2.75. The van der Waals surface area contributed by atoms with Crippen molar-refractivity contribution in [2.75, 3.05) is 11.9 Å². The van der Waals surface area contributed by atoms with Gasteiger partial charge in [-0.3, -0.25) is 9.59 Å². The summed E-state index contributed by atoms with van der Waals surface area (Å²) in [7, 11) is 0. The first-order valence-corrected chi connectivity index (χ1v) is 9.11. The molecule has 0 saturated carbocycles. The number of halogens is 2. The Morgan fingerprint density at radius 1 is 1.10 bits per heavy atom. The maximum absolute atomic E-state index is 12.9. The maximum atomic E-state index is 12.9. The third kappa shape index (κ3) is 6.11. The summed E-state index contributed by atoms with van der Waals surface area (Å²) in [6.07, 6.45) is 2.94. The number of aromatic nitrogens is 1. The number of hydrazone groups is 1. The number of nitrogens with one attached hydrogen (secondary N) is 2. The normalized spacial score (nSPS) is 10.6. The zero-order valence-electron chi connectivity index (χ0n) is 15.5. The number of carbonyl (C=O) groups is 2. The number of benzene rings is 2. The molecule has 0 aliphatic heterocycles. The first-order valence-electron chi connectivity index (χ1n) is 8.73. The summed E-state index contributed by atoms with van der Waals surface area (Å²) >= 11 is 5.85. The molecule has 0 atom stereocenters. The van der Waals surface area contributed by atoms with E-state index in [1.165, 1.54) is 36.7 Å². The fourth-order valence-corrected chi connectivity index (χ4v) is 2.52. The van der Waals surface area contributed by atoms with E-state index < -0.39 is 5.91 Å². The van der Waals surface area contributed by atoms with Crippen molar-refractivity contribution in [2.45, 2.75) is 0 Å². The van der Waals surface area contributed by atoms with Crippen molar-refractivity contribution in [3.05, 3.63) is 89.0 Å². The van der Waals surface area contributed by atoms with Gasteiger partial charge in [-0.1, -0.05) is 11.6 Å². The van der Waals surface area contributed by atoms with Crippen LogP contribution in [0.3, 0.4) is 0 Å². The molecule has 2 amide bonds. The molecule has 0 fully saturated rings. The van der Waals surface area contributed by atoms with Gasteiger partial charge in [-0.2, -0.15) is 5.10 Å². The van der Waals surface area contributed by atoms with E-state index in [0.29, 0.717) is 17.0 Å². The molecule has 152 valence electrons. The van der Waals surface area contributed by atoms with Gasteiger partial charge in [0.15, 0.2) is 6.61 Å². The maximum Gasteiger partial charge on any atom is 0.274 e. The second-order valence-corrected chi connectivity index (χ2v) is 6.31. The van der Waals surface area contributed by atoms with Crippen molar-refractivity contribution >= 4 is 35.3 Å². The van der Waals surface area contributed by atoms with Crippen LogP contribution in [0.2, 0.25) is 5.15 Å². The molecule has 1 aromatic heterocycles. The molecule has 30 heavy (non-hydrogen) atoms.